The van der Waals surface area contributed by atoms with E-state index >= 15 is 0 Å². The topological polar surface area (TPSA) is 34.4 Å². The van der Waals surface area contributed by atoms with Crippen molar-refractivity contribution in [2.24, 2.45) is 4.99 Å². The maximum absolute atomic E-state index is 12.4. The minimum absolute atomic E-state index is 0.193. The van der Waals surface area contributed by atoms with Crippen LogP contribution in [0.25, 0.3) is 10.2 Å². The summed E-state index contributed by atoms with van der Waals surface area (Å²) < 4.78 is 3.22. The van der Waals surface area contributed by atoms with Crippen LogP contribution in [0.2, 0.25) is 0 Å². The van der Waals surface area contributed by atoms with Crippen molar-refractivity contribution in [1.82, 2.24) is 4.57 Å². The average molecular weight is 328 g/mol. The van der Waals surface area contributed by atoms with Crippen molar-refractivity contribution in [3.05, 3.63) is 58.9 Å². The Balaban J connectivity index is 2.05. The van der Waals surface area contributed by atoms with Gasteiger partial charge in [0.05, 0.1) is 10.2 Å². The summed E-state index contributed by atoms with van der Waals surface area (Å²) in [7, 11) is 0. The molecule has 0 aliphatic heterocycles. The number of hydrogen-bond acceptors (Lipinski definition) is 3. The molecule has 0 saturated carbocycles. The number of aryl methyl sites for hydroxylation is 1. The molecule has 22 heavy (non-hydrogen) atoms. The van der Waals surface area contributed by atoms with Crippen molar-refractivity contribution < 1.29 is 4.79 Å². The predicted molar refractivity (Wildman–Crippen MR) is 93.6 cm³/mol. The standard InChI is InChI=1S/C17H16N2OS2/c1-3-19-14-6-4-5-7-15(14)22-17(19)18-16(20)12-8-10-13(21-2)11-9-12/h4-11H,3H2,1-2H3. The van der Waals surface area contributed by atoms with Crippen molar-refractivity contribution in [1.29, 1.82) is 0 Å². The van der Waals surface area contributed by atoms with Crippen LogP contribution in [0, 0.1) is 0 Å². The molecule has 0 aliphatic rings. The zero-order valence-electron chi connectivity index (χ0n) is 12.4. The lowest BCUT2D eigenvalue weighted by Gasteiger charge is -2.00. The number of aromatic nitrogens is 1. The molecule has 3 rings (SSSR count). The Bertz CT molecular complexity index is 876. The predicted octanol–water partition coefficient (Wildman–Crippen LogP) is 4.19. The fraction of sp³-hybridized carbons (Fsp3) is 0.176. The molecular formula is C17H16N2OS2. The lowest BCUT2D eigenvalue weighted by molar-refractivity contribution is 0.0998. The van der Waals surface area contributed by atoms with Crippen molar-refractivity contribution in [3.8, 4) is 0 Å². The van der Waals surface area contributed by atoms with Crippen molar-refractivity contribution in [3.63, 3.8) is 0 Å². The summed E-state index contributed by atoms with van der Waals surface area (Å²) in [5, 5.41) is 0. The summed E-state index contributed by atoms with van der Waals surface area (Å²) in [6, 6.07) is 15.7. The van der Waals surface area contributed by atoms with Crippen LogP contribution in [0.4, 0.5) is 0 Å². The number of hydrogen-bond donors (Lipinski definition) is 0. The fourth-order valence-electron chi connectivity index (χ4n) is 2.30. The van der Waals surface area contributed by atoms with Crippen LogP contribution in [0.1, 0.15) is 17.3 Å². The Morgan fingerprint density at radius 1 is 1.18 bits per heavy atom. The molecule has 5 heteroatoms. The first kappa shape index (κ1) is 15.1. The molecule has 0 fully saturated rings. The second-order valence-corrected chi connectivity index (χ2v) is 6.63. The Kier molecular flexibility index (Phi) is 4.45. The first-order valence-electron chi connectivity index (χ1n) is 7.04. The number of para-hydroxylation sites is 1. The zero-order valence-corrected chi connectivity index (χ0v) is 14.1. The van der Waals surface area contributed by atoms with E-state index in [-0.39, 0.29) is 5.91 Å². The van der Waals surface area contributed by atoms with Crippen LogP contribution in [0.5, 0.6) is 0 Å². The number of rotatable bonds is 3. The van der Waals surface area contributed by atoms with Crippen LogP contribution in [-0.4, -0.2) is 16.7 Å². The highest BCUT2D eigenvalue weighted by Gasteiger charge is 2.08. The molecule has 0 atom stereocenters. The van der Waals surface area contributed by atoms with Gasteiger partial charge in [0.2, 0.25) is 0 Å². The lowest BCUT2D eigenvalue weighted by atomic mass is 10.2. The molecule has 1 aromatic heterocycles. The number of thioether (sulfide) groups is 1. The fourth-order valence-corrected chi connectivity index (χ4v) is 3.80. The molecule has 0 radical (unpaired) electrons. The second-order valence-electron chi connectivity index (χ2n) is 4.74. The van der Waals surface area contributed by atoms with E-state index in [9.17, 15) is 4.79 Å². The first-order valence-corrected chi connectivity index (χ1v) is 9.08. The monoisotopic (exact) mass is 328 g/mol. The number of carbonyl (C=O) groups is 1. The Labute approximate surface area is 137 Å². The summed E-state index contributed by atoms with van der Waals surface area (Å²) in [5.41, 5.74) is 1.75. The van der Waals surface area contributed by atoms with Crippen molar-refractivity contribution in [2.45, 2.75) is 18.4 Å². The maximum atomic E-state index is 12.4. The number of fused-ring (bicyclic) bond motifs is 1. The Morgan fingerprint density at radius 2 is 1.91 bits per heavy atom. The van der Waals surface area contributed by atoms with Gasteiger partial charge in [0.25, 0.3) is 5.91 Å². The van der Waals surface area contributed by atoms with Gasteiger partial charge in [-0.15, -0.1) is 11.8 Å². The molecule has 3 nitrogen and oxygen atoms in total. The Morgan fingerprint density at radius 3 is 2.59 bits per heavy atom. The number of nitrogens with zero attached hydrogens (tertiary/aromatic N) is 2. The molecule has 0 bridgehead atoms. The highest BCUT2D eigenvalue weighted by Crippen LogP contribution is 2.17. The van der Waals surface area contributed by atoms with Gasteiger partial charge in [0.15, 0.2) is 4.80 Å². The largest absolute Gasteiger partial charge is 0.317 e. The number of amides is 1. The van der Waals surface area contributed by atoms with Crippen molar-refractivity contribution >= 4 is 39.2 Å². The molecule has 0 N–H and O–H groups in total. The maximum Gasteiger partial charge on any atom is 0.279 e. The Hall–Kier alpha value is -1.85. The van der Waals surface area contributed by atoms with E-state index in [2.05, 4.69) is 28.6 Å². The van der Waals surface area contributed by atoms with E-state index in [1.165, 1.54) is 0 Å². The molecule has 112 valence electrons. The smallest absolute Gasteiger partial charge is 0.279 e. The van der Waals surface area contributed by atoms with Crippen LogP contribution in [0.15, 0.2) is 58.4 Å². The van der Waals surface area contributed by atoms with E-state index in [4.69, 9.17) is 0 Å². The molecule has 3 aromatic rings. The lowest BCUT2D eigenvalue weighted by Crippen LogP contribution is -2.15. The SMILES string of the molecule is CCn1c(=NC(=O)c2ccc(SC)cc2)sc2ccccc21. The number of benzene rings is 2. The average Bonchev–Trinajstić information content (AvgIpc) is 2.91. The van der Waals surface area contributed by atoms with Gasteiger partial charge < -0.3 is 4.57 Å². The third-order valence-electron chi connectivity index (χ3n) is 3.44. The molecule has 1 heterocycles. The normalized spacial score (nSPS) is 12.0. The van der Waals surface area contributed by atoms with Crippen LogP contribution < -0.4 is 4.80 Å². The van der Waals surface area contributed by atoms with E-state index < -0.39 is 0 Å². The zero-order chi connectivity index (χ0) is 15.5. The summed E-state index contributed by atoms with van der Waals surface area (Å²) >= 11 is 3.21. The van der Waals surface area contributed by atoms with Gasteiger partial charge in [-0.2, -0.15) is 4.99 Å². The highest BCUT2D eigenvalue weighted by molar-refractivity contribution is 7.98. The second kappa shape index (κ2) is 6.50. The quantitative estimate of drug-likeness (QED) is 0.676. The molecule has 1 amide bonds. The summed E-state index contributed by atoms with van der Waals surface area (Å²) in [5.74, 6) is -0.193. The minimum Gasteiger partial charge on any atom is -0.317 e. The minimum atomic E-state index is -0.193. The molecular weight excluding hydrogens is 312 g/mol. The van der Waals surface area contributed by atoms with Gasteiger partial charge in [-0.05, 0) is 49.6 Å². The molecule has 0 saturated heterocycles. The van der Waals surface area contributed by atoms with Gasteiger partial charge in [-0.25, -0.2) is 0 Å². The van der Waals surface area contributed by atoms with Gasteiger partial charge in [0, 0.05) is 17.0 Å². The number of carbonyl (C=O) groups excluding carboxylic acids is 1. The van der Waals surface area contributed by atoms with Gasteiger partial charge in [-0.3, -0.25) is 4.79 Å². The molecule has 2 aromatic carbocycles. The molecule has 0 spiro atoms. The van der Waals surface area contributed by atoms with Crippen LogP contribution >= 0.6 is 23.1 Å². The van der Waals surface area contributed by atoms with E-state index in [1.54, 1.807) is 23.1 Å². The summed E-state index contributed by atoms with van der Waals surface area (Å²) in [6.45, 7) is 2.86. The third-order valence-corrected chi connectivity index (χ3v) is 5.24. The molecule has 0 aliphatic carbocycles. The molecule has 0 unspecified atom stereocenters. The van der Waals surface area contributed by atoms with E-state index in [1.807, 2.05) is 42.7 Å². The summed E-state index contributed by atoms with van der Waals surface area (Å²) in [4.78, 5) is 18.6. The third kappa shape index (κ3) is 2.87. The van der Waals surface area contributed by atoms with Crippen molar-refractivity contribution in [2.75, 3.05) is 6.26 Å². The van der Waals surface area contributed by atoms with Gasteiger partial charge in [-0.1, -0.05) is 23.5 Å². The first-order chi connectivity index (χ1) is 10.7. The van der Waals surface area contributed by atoms with Gasteiger partial charge >= 0.3 is 0 Å². The number of thiazole rings is 1. The highest BCUT2D eigenvalue weighted by atomic mass is 32.2. The summed E-state index contributed by atoms with van der Waals surface area (Å²) in [6.07, 6.45) is 2.02. The van der Waals surface area contributed by atoms with E-state index in [0.29, 0.717) is 5.56 Å². The van der Waals surface area contributed by atoms with Crippen LogP contribution in [-0.2, 0) is 6.54 Å². The van der Waals surface area contributed by atoms with Crippen LogP contribution in [0.3, 0.4) is 0 Å². The van der Waals surface area contributed by atoms with Gasteiger partial charge in [0.1, 0.15) is 0 Å². The van der Waals surface area contributed by atoms with E-state index in [0.717, 1.165) is 26.5 Å².